The van der Waals surface area contributed by atoms with E-state index in [4.69, 9.17) is 0 Å². The molecule has 0 spiro atoms. The molecule has 0 atom stereocenters. The predicted molar refractivity (Wildman–Crippen MR) is 77.1 cm³/mol. The summed E-state index contributed by atoms with van der Waals surface area (Å²) in [5.74, 6) is 0. The van der Waals surface area contributed by atoms with Crippen molar-refractivity contribution in [1.29, 1.82) is 0 Å². The summed E-state index contributed by atoms with van der Waals surface area (Å²) in [4.78, 5) is 0.249. The molecule has 0 aliphatic rings. The average molecular weight is 273 g/mol. The Hall–Kier alpha value is -1.94. The van der Waals surface area contributed by atoms with E-state index in [9.17, 15) is 8.42 Å². The summed E-state index contributed by atoms with van der Waals surface area (Å²) in [5, 5.41) is 0. The number of benzene rings is 2. The molecule has 2 rings (SSSR count). The molecule has 0 amide bonds. The highest BCUT2D eigenvalue weighted by Gasteiger charge is 2.13. The van der Waals surface area contributed by atoms with E-state index >= 15 is 0 Å². The highest BCUT2D eigenvalue weighted by Crippen LogP contribution is 2.16. The molecule has 0 bridgehead atoms. The van der Waals surface area contributed by atoms with Crippen LogP contribution in [0.3, 0.4) is 0 Å². The van der Waals surface area contributed by atoms with Crippen molar-refractivity contribution in [2.45, 2.75) is 18.7 Å². The van der Waals surface area contributed by atoms with Crippen LogP contribution >= 0.6 is 0 Å². The van der Waals surface area contributed by atoms with Gasteiger partial charge in [-0.25, -0.2) is 0 Å². The fourth-order valence-corrected chi connectivity index (χ4v) is 2.88. The van der Waals surface area contributed by atoms with E-state index in [-0.39, 0.29) is 4.90 Å². The molecule has 0 aromatic heterocycles. The van der Waals surface area contributed by atoms with E-state index in [1.165, 1.54) is 6.21 Å². The van der Waals surface area contributed by atoms with E-state index in [2.05, 4.69) is 4.40 Å². The smallest absolute Gasteiger partial charge is 0.199 e. The van der Waals surface area contributed by atoms with Crippen molar-refractivity contribution in [2.24, 2.45) is 4.40 Å². The lowest BCUT2D eigenvalue weighted by atomic mass is 10.2. The standard InChI is InChI=1S/C15H15NO2S/c1-12-6-5-8-14(10-12)11-16-19(17,18)15-9-4-3-7-13(15)2/h3-11H,1-2H3/b16-11+. The van der Waals surface area contributed by atoms with Crippen LogP contribution in [-0.2, 0) is 10.0 Å². The zero-order chi connectivity index (χ0) is 13.9. The van der Waals surface area contributed by atoms with E-state index in [1.54, 1.807) is 31.2 Å². The molecule has 0 radical (unpaired) electrons. The van der Waals surface area contributed by atoms with E-state index in [0.29, 0.717) is 5.56 Å². The monoisotopic (exact) mass is 273 g/mol. The maximum atomic E-state index is 12.1. The van der Waals surface area contributed by atoms with Gasteiger partial charge < -0.3 is 0 Å². The molecule has 19 heavy (non-hydrogen) atoms. The van der Waals surface area contributed by atoms with Gasteiger partial charge in [0.25, 0.3) is 10.0 Å². The number of hydrogen-bond donors (Lipinski definition) is 0. The van der Waals surface area contributed by atoms with Crippen LogP contribution in [0.25, 0.3) is 0 Å². The van der Waals surface area contributed by atoms with Gasteiger partial charge >= 0.3 is 0 Å². The Morgan fingerprint density at radius 1 is 1.00 bits per heavy atom. The Morgan fingerprint density at radius 3 is 2.42 bits per heavy atom. The molecular weight excluding hydrogens is 258 g/mol. The zero-order valence-corrected chi connectivity index (χ0v) is 11.7. The van der Waals surface area contributed by atoms with Gasteiger partial charge in [-0.05, 0) is 31.0 Å². The third-order valence-corrected chi connectivity index (χ3v) is 4.15. The first-order valence-corrected chi connectivity index (χ1v) is 7.36. The molecule has 4 heteroatoms. The number of rotatable bonds is 3. The van der Waals surface area contributed by atoms with Crippen molar-refractivity contribution >= 4 is 16.2 Å². The van der Waals surface area contributed by atoms with Crippen LogP contribution < -0.4 is 0 Å². The Balaban J connectivity index is 2.35. The Kier molecular flexibility index (Phi) is 3.81. The molecule has 0 saturated carbocycles. The van der Waals surface area contributed by atoms with E-state index in [1.807, 2.05) is 31.2 Å². The van der Waals surface area contributed by atoms with Gasteiger partial charge in [-0.1, -0.05) is 48.0 Å². The summed E-state index contributed by atoms with van der Waals surface area (Å²) < 4.78 is 28.0. The van der Waals surface area contributed by atoms with Crippen LogP contribution in [0.15, 0.2) is 57.8 Å². The molecule has 0 saturated heterocycles. The van der Waals surface area contributed by atoms with Gasteiger partial charge in [0.2, 0.25) is 0 Å². The summed E-state index contributed by atoms with van der Waals surface area (Å²) in [6.07, 6.45) is 1.38. The molecule has 0 aliphatic heterocycles. The summed E-state index contributed by atoms with van der Waals surface area (Å²) in [6, 6.07) is 14.4. The van der Waals surface area contributed by atoms with Gasteiger partial charge in [-0.15, -0.1) is 0 Å². The summed E-state index contributed by atoms with van der Waals surface area (Å²) in [7, 11) is -3.63. The lowest BCUT2D eigenvalue weighted by Crippen LogP contribution is -2.00. The molecule has 2 aromatic carbocycles. The Bertz CT molecular complexity index is 718. The minimum absolute atomic E-state index is 0.249. The summed E-state index contributed by atoms with van der Waals surface area (Å²) >= 11 is 0. The summed E-state index contributed by atoms with van der Waals surface area (Å²) in [5.41, 5.74) is 2.54. The SMILES string of the molecule is Cc1cccc(/C=N/S(=O)(=O)c2ccccc2C)c1. The third kappa shape index (κ3) is 3.29. The van der Waals surface area contributed by atoms with Crippen molar-refractivity contribution in [3.63, 3.8) is 0 Å². The predicted octanol–water partition coefficient (Wildman–Crippen LogP) is 3.11. The van der Waals surface area contributed by atoms with Gasteiger partial charge in [0.1, 0.15) is 0 Å². The molecule has 0 unspecified atom stereocenters. The van der Waals surface area contributed by atoms with E-state index < -0.39 is 10.0 Å². The van der Waals surface area contributed by atoms with Crippen LogP contribution in [0.5, 0.6) is 0 Å². The van der Waals surface area contributed by atoms with Gasteiger partial charge in [-0.2, -0.15) is 12.8 Å². The highest BCUT2D eigenvalue weighted by molar-refractivity contribution is 7.90. The Labute approximate surface area is 113 Å². The van der Waals surface area contributed by atoms with Crippen molar-refractivity contribution in [2.75, 3.05) is 0 Å². The van der Waals surface area contributed by atoms with Crippen LogP contribution in [-0.4, -0.2) is 14.6 Å². The average Bonchev–Trinajstić information content (AvgIpc) is 2.37. The molecule has 98 valence electrons. The van der Waals surface area contributed by atoms with Crippen molar-refractivity contribution < 1.29 is 8.42 Å². The Morgan fingerprint density at radius 2 is 1.74 bits per heavy atom. The van der Waals surface area contributed by atoms with E-state index in [0.717, 1.165) is 11.1 Å². The zero-order valence-electron chi connectivity index (χ0n) is 10.9. The molecule has 0 N–H and O–H groups in total. The van der Waals surface area contributed by atoms with Crippen LogP contribution in [0.2, 0.25) is 0 Å². The molecule has 2 aromatic rings. The number of sulfonamides is 1. The van der Waals surface area contributed by atoms with Gasteiger partial charge in [0.05, 0.1) is 4.90 Å². The maximum Gasteiger partial charge on any atom is 0.282 e. The number of nitrogens with zero attached hydrogens (tertiary/aromatic N) is 1. The van der Waals surface area contributed by atoms with Gasteiger partial charge in [0.15, 0.2) is 0 Å². The largest absolute Gasteiger partial charge is 0.282 e. The number of aryl methyl sites for hydroxylation is 2. The van der Waals surface area contributed by atoms with Crippen molar-refractivity contribution in [1.82, 2.24) is 0 Å². The first-order chi connectivity index (χ1) is 8.99. The molecule has 3 nitrogen and oxygen atoms in total. The topological polar surface area (TPSA) is 46.5 Å². The first-order valence-electron chi connectivity index (χ1n) is 5.92. The lowest BCUT2D eigenvalue weighted by molar-refractivity contribution is 0.597. The number of hydrogen-bond acceptors (Lipinski definition) is 2. The van der Waals surface area contributed by atoms with Crippen LogP contribution in [0.1, 0.15) is 16.7 Å². The quantitative estimate of drug-likeness (QED) is 0.807. The molecule has 0 aliphatic carbocycles. The second-order valence-electron chi connectivity index (χ2n) is 4.39. The third-order valence-electron chi connectivity index (χ3n) is 2.75. The molecule has 0 heterocycles. The minimum atomic E-state index is -3.63. The fourth-order valence-electron chi connectivity index (χ4n) is 1.78. The van der Waals surface area contributed by atoms with Crippen molar-refractivity contribution in [3.05, 3.63) is 65.2 Å². The lowest BCUT2D eigenvalue weighted by Gasteiger charge is -2.02. The van der Waals surface area contributed by atoms with Gasteiger partial charge in [0, 0.05) is 6.21 Å². The summed E-state index contributed by atoms with van der Waals surface area (Å²) in [6.45, 7) is 3.71. The van der Waals surface area contributed by atoms with Crippen LogP contribution in [0, 0.1) is 13.8 Å². The van der Waals surface area contributed by atoms with Crippen molar-refractivity contribution in [3.8, 4) is 0 Å². The molecular formula is C15H15NO2S. The second-order valence-corrected chi connectivity index (χ2v) is 5.99. The minimum Gasteiger partial charge on any atom is -0.199 e. The maximum absolute atomic E-state index is 12.1. The van der Waals surface area contributed by atoms with Crippen LogP contribution in [0.4, 0.5) is 0 Å². The second kappa shape index (κ2) is 5.36. The fraction of sp³-hybridized carbons (Fsp3) is 0.133. The first kappa shape index (κ1) is 13.5. The van der Waals surface area contributed by atoms with Gasteiger partial charge in [-0.3, -0.25) is 0 Å². The highest BCUT2D eigenvalue weighted by atomic mass is 32.2. The molecule has 0 fully saturated rings. The normalized spacial score (nSPS) is 11.9.